The van der Waals surface area contributed by atoms with Gasteiger partial charge in [0, 0.05) is 84.4 Å². The zero-order valence-corrected chi connectivity index (χ0v) is 26.3. The van der Waals surface area contributed by atoms with Gasteiger partial charge in [-0.15, -0.1) is 0 Å². The molecule has 0 aliphatic rings. The highest BCUT2D eigenvalue weighted by molar-refractivity contribution is 6.45. The molecule has 0 aliphatic heterocycles. The Labute approximate surface area is 279 Å². The fourth-order valence-corrected chi connectivity index (χ4v) is 5.64. The normalized spacial score (nSPS) is 11.2. The van der Waals surface area contributed by atoms with Crippen LogP contribution in [0.5, 0.6) is 0 Å². The van der Waals surface area contributed by atoms with E-state index in [1.807, 2.05) is 41.3 Å². The van der Waals surface area contributed by atoms with Crippen molar-refractivity contribution in [3.8, 4) is 0 Å². The van der Waals surface area contributed by atoms with Gasteiger partial charge in [-0.2, -0.15) is 0 Å². The molecule has 0 aliphatic carbocycles. The van der Waals surface area contributed by atoms with Gasteiger partial charge in [0.2, 0.25) is 0 Å². The van der Waals surface area contributed by atoms with Gasteiger partial charge in [-0.25, -0.2) is 0 Å². The standard InChI is InChI=1S/C36H33N7O6/c44-31(25-20-40-28-11-5-2-8-23(25)28)34(47)37-13-16-43(17-14-38-35(48)32(45)26-21-41-29-12-6-3-9-24(26)29)18-15-39-36(49)33(46)30-19-22-7-1-4-10-27(22)42-30/h1-12,19-21,40-42H,13-18H2,(H,37,47)(H,38,48)(H,39,49). The molecule has 0 saturated heterocycles. The van der Waals surface area contributed by atoms with E-state index < -0.39 is 35.1 Å². The lowest BCUT2D eigenvalue weighted by atomic mass is 10.1. The number of nitrogens with one attached hydrogen (secondary N) is 6. The van der Waals surface area contributed by atoms with Crippen molar-refractivity contribution in [2.45, 2.75) is 0 Å². The lowest BCUT2D eigenvalue weighted by molar-refractivity contribution is -0.117. The van der Waals surface area contributed by atoms with Crippen LogP contribution in [0.2, 0.25) is 0 Å². The molecule has 0 bridgehead atoms. The lowest BCUT2D eigenvalue weighted by Crippen LogP contribution is -2.45. The molecule has 0 saturated carbocycles. The van der Waals surface area contributed by atoms with Crippen molar-refractivity contribution in [2.24, 2.45) is 0 Å². The summed E-state index contributed by atoms with van der Waals surface area (Å²) in [5, 5.41) is 9.98. The molecular weight excluding hydrogens is 626 g/mol. The number of carbonyl (C=O) groups excluding carboxylic acids is 6. The zero-order chi connectivity index (χ0) is 34.3. The Morgan fingerprint density at radius 3 is 1.45 bits per heavy atom. The maximum Gasteiger partial charge on any atom is 0.294 e. The number of nitrogens with zero attached hydrogens (tertiary/aromatic N) is 1. The number of amides is 3. The summed E-state index contributed by atoms with van der Waals surface area (Å²) in [4.78, 5) is 87.4. The summed E-state index contributed by atoms with van der Waals surface area (Å²) in [5.74, 6) is -4.43. The number of ketones is 3. The number of rotatable bonds is 15. The van der Waals surface area contributed by atoms with Gasteiger partial charge < -0.3 is 30.9 Å². The summed E-state index contributed by atoms with van der Waals surface area (Å²) < 4.78 is 0. The number of H-pyrrole nitrogens is 3. The molecule has 0 atom stereocenters. The Morgan fingerprint density at radius 2 is 0.959 bits per heavy atom. The molecule has 13 nitrogen and oxygen atoms in total. The minimum Gasteiger partial charge on any atom is -0.360 e. The fourth-order valence-electron chi connectivity index (χ4n) is 5.64. The van der Waals surface area contributed by atoms with E-state index in [4.69, 9.17) is 0 Å². The monoisotopic (exact) mass is 659 g/mol. The van der Waals surface area contributed by atoms with Crippen LogP contribution in [0.3, 0.4) is 0 Å². The first kappa shape index (κ1) is 32.6. The zero-order valence-electron chi connectivity index (χ0n) is 26.3. The maximum atomic E-state index is 12.9. The van der Waals surface area contributed by atoms with Crippen molar-refractivity contribution < 1.29 is 28.8 Å². The average molecular weight is 660 g/mol. The van der Waals surface area contributed by atoms with Gasteiger partial charge in [0.15, 0.2) is 0 Å². The molecule has 0 radical (unpaired) electrons. The van der Waals surface area contributed by atoms with E-state index in [9.17, 15) is 28.8 Å². The number of Topliss-reactive ketones (excluding diaryl/α,β-unsaturated/α-hetero) is 3. The number of aromatic nitrogens is 3. The molecule has 6 rings (SSSR count). The number of para-hydroxylation sites is 3. The summed E-state index contributed by atoms with van der Waals surface area (Å²) >= 11 is 0. The van der Waals surface area contributed by atoms with Crippen molar-refractivity contribution in [3.63, 3.8) is 0 Å². The first-order valence-electron chi connectivity index (χ1n) is 15.7. The average Bonchev–Trinajstić information content (AvgIpc) is 3.87. The second-order valence-corrected chi connectivity index (χ2v) is 11.4. The lowest BCUT2D eigenvalue weighted by Gasteiger charge is -2.22. The molecule has 0 unspecified atom stereocenters. The second kappa shape index (κ2) is 14.6. The van der Waals surface area contributed by atoms with E-state index in [0.29, 0.717) is 10.8 Å². The third-order valence-corrected chi connectivity index (χ3v) is 8.20. The molecule has 248 valence electrons. The second-order valence-electron chi connectivity index (χ2n) is 11.4. The van der Waals surface area contributed by atoms with Gasteiger partial charge in [0.05, 0.1) is 16.8 Å². The highest BCUT2D eigenvalue weighted by Gasteiger charge is 2.22. The summed E-state index contributed by atoms with van der Waals surface area (Å²) in [6, 6.07) is 23.2. The van der Waals surface area contributed by atoms with E-state index in [2.05, 4.69) is 30.9 Å². The van der Waals surface area contributed by atoms with Crippen LogP contribution < -0.4 is 16.0 Å². The van der Waals surface area contributed by atoms with Gasteiger partial charge in [-0.3, -0.25) is 33.7 Å². The summed E-state index contributed by atoms with van der Waals surface area (Å²) in [6.07, 6.45) is 3.00. The molecule has 0 fully saturated rings. The molecule has 49 heavy (non-hydrogen) atoms. The number of aromatic amines is 3. The highest BCUT2D eigenvalue weighted by atomic mass is 16.2. The van der Waals surface area contributed by atoms with Crippen molar-refractivity contribution >= 4 is 67.8 Å². The molecule has 3 aromatic carbocycles. The summed E-state index contributed by atoms with van der Waals surface area (Å²) in [6.45, 7) is 0.962. The van der Waals surface area contributed by atoms with Crippen molar-refractivity contribution in [2.75, 3.05) is 39.3 Å². The Kier molecular flexibility index (Phi) is 9.72. The van der Waals surface area contributed by atoms with Crippen molar-refractivity contribution in [1.29, 1.82) is 0 Å². The third-order valence-electron chi connectivity index (χ3n) is 8.20. The minimum atomic E-state index is -0.790. The molecule has 3 aromatic heterocycles. The predicted octanol–water partition coefficient (Wildman–Crippen LogP) is 2.73. The molecule has 0 spiro atoms. The molecule has 13 heteroatoms. The number of hydrogen-bond donors (Lipinski definition) is 6. The molecule has 6 aromatic rings. The topological polar surface area (TPSA) is 189 Å². The first-order chi connectivity index (χ1) is 23.8. The fraction of sp³-hybridized carbons (Fsp3) is 0.167. The number of benzene rings is 3. The Balaban J connectivity index is 1.04. The van der Waals surface area contributed by atoms with Crippen molar-refractivity contribution in [3.05, 3.63) is 108 Å². The van der Waals surface area contributed by atoms with Gasteiger partial charge in [-0.05, 0) is 24.3 Å². The Hall–Kier alpha value is -6.34. The Bertz CT molecular complexity index is 2070. The van der Waals surface area contributed by atoms with Crippen LogP contribution in [0.4, 0.5) is 0 Å². The quantitative estimate of drug-likeness (QED) is 0.0722. The smallest absolute Gasteiger partial charge is 0.294 e. The highest BCUT2D eigenvalue weighted by Crippen LogP contribution is 2.19. The SMILES string of the molecule is O=C(NCCN(CCNC(=O)C(=O)c1c[nH]c2ccccc12)CCNC(=O)C(=O)c1c[nH]c2ccccc12)C(=O)c1cc2ccccc2[nH]1. The van der Waals surface area contributed by atoms with E-state index in [1.54, 1.807) is 42.5 Å². The number of fused-ring (bicyclic) bond motifs is 3. The minimum absolute atomic E-state index is 0.0786. The van der Waals surface area contributed by atoms with Gasteiger partial charge in [0.25, 0.3) is 35.1 Å². The molecule has 6 N–H and O–H groups in total. The maximum absolute atomic E-state index is 12.9. The third kappa shape index (κ3) is 7.31. The van der Waals surface area contributed by atoms with Gasteiger partial charge in [0.1, 0.15) is 0 Å². The van der Waals surface area contributed by atoms with E-state index >= 15 is 0 Å². The molecule has 3 heterocycles. The van der Waals surface area contributed by atoms with Crippen LogP contribution in [0.25, 0.3) is 32.7 Å². The van der Waals surface area contributed by atoms with Crippen LogP contribution in [0.1, 0.15) is 31.2 Å². The van der Waals surface area contributed by atoms with Crippen LogP contribution in [0.15, 0.2) is 91.3 Å². The molecule has 3 amide bonds. The van der Waals surface area contributed by atoms with Gasteiger partial charge >= 0.3 is 0 Å². The summed E-state index contributed by atoms with van der Waals surface area (Å²) in [5.41, 5.74) is 2.89. The Morgan fingerprint density at radius 1 is 0.531 bits per heavy atom. The number of hydrogen-bond acceptors (Lipinski definition) is 7. The predicted molar refractivity (Wildman–Crippen MR) is 183 cm³/mol. The summed E-state index contributed by atoms with van der Waals surface area (Å²) in [7, 11) is 0. The van der Waals surface area contributed by atoms with E-state index in [-0.39, 0.29) is 56.1 Å². The van der Waals surface area contributed by atoms with Crippen LogP contribution in [-0.2, 0) is 14.4 Å². The van der Waals surface area contributed by atoms with Gasteiger partial charge in [-0.1, -0.05) is 54.6 Å². The van der Waals surface area contributed by atoms with Crippen LogP contribution >= 0.6 is 0 Å². The largest absolute Gasteiger partial charge is 0.360 e. The first-order valence-corrected chi connectivity index (χ1v) is 15.7. The van der Waals surface area contributed by atoms with Crippen molar-refractivity contribution in [1.82, 2.24) is 35.8 Å². The van der Waals surface area contributed by atoms with E-state index in [0.717, 1.165) is 21.9 Å². The van der Waals surface area contributed by atoms with E-state index in [1.165, 1.54) is 12.4 Å². The number of carbonyl (C=O) groups is 6. The molecular formula is C36H33N7O6. The van der Waals surface area contributed by atoms with Crippen LogP contribution in [-0.4, -0.2) is 94.2 Å². The van der Waals surface area contributed by atoms with Crippen LogP contribution in [0, 0.1) is 0 Å².